The van der Waals surface area contributed by atoms with Crippen LogP contribution in [0.2, 0.25) is 0 Å². The Bertz CT molecular complexity index is 986. The van der Waals surface area contributed by atoms with Gasteiger partial charge in [0.25, 0.3) is 0 Å². The molecule has 2 saturated heterocycles. The van der Waals surface area contributed by atoms with Gasteiger partial charge in [-0.2, -0.15) is 0 Å². The molecule has 1 aliphatic carbocycles. The van der Waals surface area contributed by atoms with Crippen LogP contribution in [0.15, 0.2) is 48.1 Å². The molecule has 0 spiro atoms. The Morgan fingerprint density at radius 3 is 2.70 bits per heavy atom. The van der Waals surface area contributed by atoms with Gasteiger partial charge in [-0.15, -0.1) is 0 Å². The molecule has 0 saturated carbocycles. The van der Waals surface area contributed by atoms with E-state index in [0.717, 1.165) is 18.4 Å². The molecule has 0 radical (unpaired) electrons. The highest BCUT2D eigenvalue weighted by Crippen LogP contribution is 2.49. The zero-order valence-corrected chi connectivity index (χ0v) is 19.3. The molecule has 4 unspecified atom stereocenters. The standard InChI is InChI=1S/C26H30O7/c1-16-18-11-10-17(7-6-14-26(2)24(33-26)23(18)32-25(16)28)15-31-22(27)13-12-19-20(29-3)8-5-9-21(19)30-4/h5,7-9,12-13,18,23-24H,1,6,10-11,14-15H2,2-4H3. The molecule has 0 amide bonds. The maximum atomic E-state index is 12.4. The summed E-state index contributed by atoms with van der Waals surface area (Å²) in [5, 5.41) is 0. The van der Waals surface area contributed by atoms with Crippen LogP contribution >= 0.6 is 0 Å². The van der Waals surface area contributed by atoms with Crippen molar-refractivity contribution < 1.29 is 33.3 Å². The fourth-order valence-electron chi connectivity index (χ4n) is 4.66. The van der Waals surface area contributed by atoms with Crippen LogP contribution in [0.1, 0.15) is 38.2 Å². The third-order valence-corrected chi connectivity index (χ3v) is 6.69. The van der Waals surface area contributed by atoms with Gasteiger partial charge in [0, 0.05) is 17.6 Å². The van der Waals surface area contributed by atoms with Gasteiger partial charge in [0.05, 0.1) is 25.4 Å². The Morgan fingerprint density at radius 1 is 1.27 bits per heavy atom. The van der Waals surface area contributed by atoms with Crippen LogP contribution in [0.4, 0.5) is 0 Å². The first kappa shape index (κ1) is 23.1. The molecule has 7 heteroatoms. The molecule has 2 fully saturated rings. The largest absolute Gasteiger partial charge is 0.496 e. The minimum Gasteiger partial charge on any atom is -0.496 e. The highest BCUT2D eigenvalue weighted by Gasteiger charge is 2.61. The number of methoxy groups -OCH3 is 2. The van der Waals surface area contributed by atoms with Gasteiger partial charge in [0.1, 0.15) is 30.3 Å². The molecular formula is C26H30O7. The number of hydrogen-bond donors (Lipinski definition) is 0. The maximum Gasteiger partial charge on any atom is 0.334 e. The summed E-state index contributed by atoms with van der Waals surface area (Å²) in [7, 11) is 3.13. The average Bonchev–Trinajstić information content (AvgIpc) is 3.40. The molecule has 33 heavy (non-hydrogen) atoms. The number of carbonyl (C=O) groups excluding carboxylic acids is 2. The van der Waals surface area contributed by atoms with Crippen molar-refractivity contribution in [3.05, 3.63) is 53.6 Å². The van der Waals surface area contributed by atoms with Crippen molar-refractivity contribution in [1.82, 2.24) is 0 Å². The summed E-state index contributed by atoms with van der Waals surface area (Å²) in [6, 6.07) is 5.41. The zero-order chi connectivity index (χ0) is 23.6. The first-order valence-corrected chi connectivity index (χ1v) is 11.2. The predicted octanol–water partition coefficient (Wildman–Crippen LogP) is 4.02. The van der Waals surface area contributed by atoms with E-state index in [1.807, 2.05) is 6.07 Å². The molecule has 1 aromatic rings. The topological polar surface area (TPSA) is 83.6 Å². The van der Waals surface area contributed by atoms with E-state index in [2.05, 4.69) is 19.6 Å². The van der Waals surface area contributed by atoms with Crippen LogP contribution in [0.3, 0.4) is 0 Å². The van der Waals surface area contributed by atoms with Gasteiger partial charge in [-0.1, -0.05) is 18.7 Å². The van der Waals surface area contributed by atoms with E-state index >= 15 is 0 Å². The number of epoxide rings is 1. The van der Waals surface area contributed by atoms with Crippen LogP contribution in [0.5, 0.6) is 11.5 Å². The number of hydrogen-bond acceptors (Lipinski definition) is 7. The molecule has 0 bridgehead atoms. The Morgan fingerprint density at radius 2 is 2.00 bits per heavy atom. The van der Waals surface area contributed by atoms with Crippen LogP contribution in [0, 0.1) is 5.92 Å². The van der Waals surface area contributed by atoms with Gasteiger partial charge in [0.2, 0.25) is 0 Å². The van der Waals surface area contributed by atoms with Crippen molar-refractivity contribution in [1.29, 1.82) is 0 Å². The third-order valence-electron chi connectivity index (χ3n) is 6.69. The smallest absolute Gasteiger partial charge is 0.334 e. The molecule has 7 nitrogen and oxygen atoms in total. The van der Waals surface area contributed by atoms with Crippen molar-refractivity contribution >= 4 is 18.0 Å². The number of fused-ring (bicyclic) bond motifs is 3. The number of allylic oxidation sites excluding steroid dienone is 1. The van der Waals surface area contributed by atoms with E-state index < -0.39 is 5.97 Å². The van der Waals surface area contributed by atoms with Crippen LogP contribution in [-0.2, 0) is 23.8 Å². The fraction of sp³-hybridized carbons (Fsp3) is 0.462. The molecule has 2 aliphatic heterocycles. The molecule has 0 N–H and O–H groups in total. The van der Waals surface area contributed by atoms with E-state index in [9.17, 15) is 9.59 Å². The van der Waals surface area contributed by atoms with E-state index in [4.69, 9.17) is 23.7 Å². The van der Waals surface area contributed by atoms with E-state index in [1.54, 1.807) is 32.4 Å². The van der Waals surface area contributed by atoms with Crippen molar-refractivity contribution in [3.8, 4) is 11.5 Å². The maximum absolute atomic E-state index is 12.4. The van der Waals surface area contributed by atoms with Gasteiger partial charge in [-0.25, -0.2) is 9.59 Å². The van der Waals surface area contributed by atoms with E-state index in [0.29, 0.717) is 35.5 Å². The van der Waals surface area contributed by atoms with Crippen LogP contribution in [-0.4, -0.2) is 50.6 Å². The van der Waals surface area contributed by atoms with Crippen molar-refractivity contribution in [2.24, 2.45) is 5.92 Å². The summed E-state index contributed by atoms with van der Waals surface area (Å²) in [5.41, 5.74) is 1.89. The Balaban J connectivity index is 1.40. The quantitative estimate of drug-likeness (QED) is 0.278. The van der Waals surface area contributed by atoms with Crippen molar-refractivity contribution in [2.45, 2.75) is 50.4 Å². The van der Waals surface area contributed by atoms with E-state index in [-0.39, 0.29) is 36.3 Å². The lowest BCUT2D eigenvalue weighted by atomic mass is 9.84. The Kier molecular flexibility index (Phi) is 6.61. The Labute approximate surface area is 194 Å². The van der Waals surface area contributed by atoms with Gasteiger partial charge >= 0.3 is 11.9 Å². The van der Waals surface area contributed by atoms with Gasteiger partial charge in [-0.3, -0.25) is 0 Å². The normalized spacial score (nSPS) is 28.9. The second-order valence-corrected chi connectivity index (χ2v) is 8.81. The highest BCUT2D eigenvalue weighted by atomic mass is 16.6. The van der Waals surface area contributed by atoms with Gasteiger partial charge < -0.3 is 23.7 Å². The highest BCUT2D eigenvalue weighted by molar-refractivity contribution is 5.91. The minimum atomic E-state index is -0.458. The monoisotopic (exact) mass is 454 g/mol. The summed E-state index contributed by atoms with van der Waals surface area (Å²) in [4.78, 5) is 24.5. The Hall–Kier alpha value is -3.06. The summed E-state index contributed by atoms with van der Waals surface area (Å²) in [6.45, 7) is 6.18. The van der Waals surface area contributed by atoms with Gasteiger partial charge in [0.15, 0.2) is 0 Å². The second-order valence-electron chi connectivity index (χ2n) is 8.81. The van der Waals surface area contributed by atoms with Crippen molar-refractivity contribution in [3.63, 3.8) is 0 Å². The summed E-state index contributed by atoms with van der Waals surface area (Å²) in [6.07, 6.45) is 7.77. The minimum absolute atomic E-state index is 0.0735. The number of benzene rings is 1. The number of carbonyl (C=O) groups is 2. The summed E-state index contributed by atoms with van der Waals surface area (Å²) < 4.78 is 27.7. The first-order chi connectivity index (χ1) is 15.9. The SMILES string of the molecule is C=C1C(=O)OC2C1CCC(COC(=O)C=Cc1c(OC)cccc1OC)=CCCC1(C)OC21. The zero-order valence-electron chi connectivity index (χ0n) is 19.3. The predicted molar refractivity (Wildman–Crippen MR) is 122 cm³/mol. The first-order valence-electron chi connectivity index (χ1n) is 11.2. The number of rotatable bonds is 6. The number of ether oxygens (including phenoxy) is 5. The molecule has 3 aliphatic rings. The molecule has 4 rings (SSSR count). The average molecular weight is 455 g/mol. The lowest BCUT2D eigenvalue weighted by Crippen LogP contribution is -2.29. The van der Waals surface area contributed by atoms with Crippen molar-refractivity contribution in [2.75, 3.05) is 20.8 Å². The molecule has 2 heterocycles. The van der Waals surface area contributed by atoms with Crippen LogP contribution in [0.25, 0.3) is 6.08 Å². The number of esters is 2. The van der Waals surface area contributed by atoms with E-state index in [1.165, 1.54) is 6.08 Å². The molecule has 0 aromatic heterocycles. The molecule has 1 aromatic carbocycles. The lowest BCUT2D eigenvalue weighted by molar-refractivity contribution is -0.140. The molecular weight excluding hydrogens is 424 g/mol. The fourth-order valence-corrected chi connectivity index (χ4v) is 4.66. The summed E-state index contributed by atoms with van der Waals surface area (Å²) >= 11 is 0. The third kappa shape index (κ3) is 4.83. The summed E-state index contributed by atoms with van der Waals surface area (Å²) in [5.74, 6) is 0.326. The van der Waals surface area contributed by atoms with Crippen LogP contribution < -0.4 is 9.47 Å². The molecule has 176 valence electrons. The molecule has 4 atom stereocenters. The lowest BCUT2D eigenvalue weighted by Gasteiger charge is -2.20. The van der Waals surface area contributed by atoms with Gasteiger partial charge in [-0.05, 0) is 56.4 Å². The second kappa shape index (κ2) is 9.43.